The number of aromatic carboxylic acids is 1. The van der Waals surface area contributed by atoms with Crippen LogP contribution in [0.4, 0.5) is 5.69 Å². The minimum Gasteiger partial charge on any atom is -0.478 e. The third-order valence-electron chi connectivity index (χ3n) is 4.05. The number of anilines is 1. The van der Waals surface area contributed by atoms with E-state index in [-0.39, 0.29) is 18.1 Å². The molecule has 2 aromatic carbocycles. The number of benzene rings is 2. The second-order valence-electron chi connectivity index (χ2n) is 5.85. The Balaban J connectivity index is 1.85. The van der Waals surface area contributed by atoms with E-state index in [9.17, 15) is 14.7 Å². The van der Waals surface area contributed by atoms with Gasteiger partial charge in [-0.05, 0) is 41.3 Å². The highest BCUT2D eigenvalue weighted by molar-refractivity contribution is 5.97. The Labute approximate surface area is 145 Å². The van der Waals surface area contributed by atoms with Crippen molar-refractivity contribution in [1.82, 2.24) is 0 Å². The van der Waals surface area contributed by atoms with Crippen molar-refractivity contribution in [2.75, 3.05) is 19.0 Å². The van der Waals surface area contributed by atoms with Crippen LogP contribution in [0.15, 0.2) is 42.5 Å². The average molecular weight is 341 g/mol. The minimum absolute atomic E-state index is 0.0924. The number of carbonyl (C=O) groups excluding carboxylic acids is 1. The molecule has 0 radical (unpaired) electrons. The summed E-state index contributed by atoms with van der Waals surface area (Å²) in [5.41, 5.74) is 3.10. The number of carboxylic acids is 1. The van der Waals surface area contributed by atoms with E-state index in [0.717, 1.165) is 17.5 Å². The Bertz CT molecular complexity index is 802. The minimum atomic E-state index is -1.06. The Hall–Kier alpha value is -2.70. The molecule has 1 amide bonds. The highest BCUT2D eigenvalue weighted by atomic mass is 16.5. The first-order valence-corrected chi connectivity index (χ1v) is 7.95. The van der Waals surface area contributed by atoms with Gasteiger partial charge in [0.25, 0.3) is 5.91 Å². The molecule has 25 heavy (non-hydrogen) atoms. The summed E-state index contributed by atoms with van der Waals surface area (Å²) in [4.78, 5) is 23.9. The molecule has 0 aromatic heterocycles. The molecule has 0 bridgehead atoms. The molecule has 1 unspecified atom stereocenters. The van der Waals surface area contributed by atoms with Gasteiger partial charge in [0.05, 0.1) is 18.8 Å². The summed E-state index contributed by atoms with van der Waals surface area (Å²) in [6.07, 6.45) is 0.0659. The van der Waals surface area contributed by atoms with E-state index in [2.05, 4.69) is 5.32 Å². The van der Waals surface area contributed by atoms with Crippen LogP contribution >= 0.6 is 0 Å². The van der Waals surface area contributed by atoms with Crippen molar-refractivity contribution < 1.29 is 24.2 Å². The lowest BCUT2D eigenvalue weighted by Crippen LogP contribution is -2.28. The van der Waals surface area contributed by atoms with Crippen molar-refractivity contribution in [3.05, 3.63) is 64.7 Å². The molecule has 0 spiro atoms. The zero-order valence-corrected chi connectivity index (χ0v) is 13.8. The van der Waals surface area contributed by atoms with E-state index in [1.165, 1.54) is 19.2 Å². The highest BCUT2D eigenvalue weighted by Gasteiger charge is 2.27. The summed E-state index contributed by atoms with van der Waals surface area (Å²) in [6, 6.07) is 12.3. The van der Waals surface area contributed by atoms with Crippen LogP contribution < -0.4 is 5.32 Å². The van der Waals surface area contributed by atoms with E-state index in [1.54, 1.807) is 6.07 Å². The number of fused-ring (bicyclic) bond motifs is 1. The van der Waals surface area contributed by atoms with E-state index < -0.39 is 12.1 Å². The van der Waals surface area contributed by atoms with Gasteiger partial charge in [0, 0.05) is 12.8 Å². The van der Waals surface area contributed by atoms with Gasteiger partial charge in [-0.25, -0.2) is 4.79 Å². The van der Waals surface area contributed by atoms with Crippen molar-refractivity contribution in [2.45, 2.75) is 19.1 Å². The number of carboxylic acid groups (broad SMARTS) is 1. The molecule has 1 heterocycles. The first-order chi connectivity index (χ1) is 12.1. The fourth-order valence-electron chi connectivity index (χ4n) is 2.96. The summed E-state index contributed by atoms with van der Waals surface area (Å²) in [5.74, 6) is -1.38. The van der Waals surface area contributed by atoms with Gasteiger partial charge in [-0.2, -0.15) is 0 Å². The molecule has 3 rings (SSSR count). The molecule has 130 valence electrons. The maximum Gasteiger partial charge on any atom is 0.335 e. The van der Waals surface area contributed by atoms with Crippen LogP contribution in [0, 0.1) is 0 Å². The molecule has 0 aliphatic carbocycles. The van der Waals surface area contributed by atoms with Gasteiger partial charge >= 0.3 is 5.97 Å². The van der Waals surface area contributed by atoms with Crippen LogP contribution in [-0.2, 0) is 27.3 Å². The predicted molar refractivity (Wildman–Crippen MR) is 91.6 cm³/mol. The third-order valence-corrected chi connectivity index (χ3v) is 4.05. The molecule has 0 fully saturated rings. The number of rotatable bonds is 5. The SMILES string of the molecule is COCc1cc(NC(=O)C2OCCc3ccccc32)cc(C(=O)O)c1. The fourth-order valence-corrected chi connectivity index (χ4v) is 2.96. The number of carbonyl (C=O) groups is 2. The van der Waals surface area contributed by atoms with Crippen molar-refractivity contribution in [1.29, 1.82) is 0 Å². The monoisotopic (exact) mass is 341 g/mol. The van der Waals surface area contributed by atoms with Crippen LogP contribution in [0.2, 0.25) is 0 Å². The Morgan fingerprint density at radius 1 is 1.28 bits per heavy atom. The second kappa shape index (κ2) is 7.46. The van der Waals surface area contributed by atoms with Crippen LogP contribution in [0.1, 0.15) is 33.2 Å². The Morgan fingerprint density at radius 3 is 2.84 bits per heavy atom. The average Bonchev–Trinajstić information content (AvgIpc) is 2.61. The topological polar surface area (TPSA) is 84.9 Å². The van der Waals surface area contributed by atoms with Gasteiger partial charge in [0.2, 0.25) is 0 Å². The van der Waals surface area contributed by atoms with Gasteiger partial charge in [0.15, 0.2) is 6.10 Å². The molecular weight excluding hydrogens is 322 g/mol. The Morgan fingerprint density at radius 2 is 2.08 bits per heavy atom. The molecular formula is C19H19NO5. The first-order valence-electron chi connectivity index (χ1n) is 7.95. The molecule has 1 aliphatic heterocycles. The smallest absolute Gasteiger partial charge is 0.335 e. The van der Waals surface area contributed by atoms with Gasteiger partial charge in [-0.1, -0.05) is 24.3 Å². The lowest BCUT2D eigenvalue weighted by atomic mass is 9.97. The fraction of sp³-hybridized carbons (Fsp3) is 0.263. The molecule has 2 aromatic rings. The Kier molecular flexibility index (Phi) is 5.11. The summed E-state index contributed by atoms with van der Waals surface area (Å²) in [6.45, 7) is 0.728. The summed E-state index contributed by atoms with van der Waals surface area (Å²) >= 11 is 0. The first kappa shape index (κ1) is 17.1. The molecule has 1 aliphatic rings. The van der Waals surface area contributed by atoms with Crippen molar-refractivity contribution in [3.63, 3.8) is 0 Å². The van der Waals surface area contributed by atoms with Crippen LogP contribution in [-0.4, -0.2) is 30.7 Å². The van der Waals surface area contributed by atoms with Crippen LogP contribution in [0.25, 0.3) is 0 Å². The number of ether oxygens (including phenoxy) is 2. The molecule has 0 saturated heterocycles. The van der Waals surface area contributed by atoms with Crippen molar-refractivity contribution in [2.24, 2.45) is 0 Å². The van der Waals surface area contributed by atoms with Crippen molar-refractivity contribution in [3.8, 4) is 0 Å². The highest BCUT2D eigenvalue weighted by Crippen LogP contribution is 2.28. The number of hydrogen-bond acceptors (Lipinski definition) is 4. The molecule has 6 heteroatoms. The number of amides is 1. The standard InChI is InChI=1S/C19H19NO5/c1-24-11-12-8-14(19(22)23)10-15(9-12)20-18(21)17-16-5-3-2-4-13(16)6-7-25-17/h2-5,8-10,17H,6-7,11H2,1H3,(H,20,21)(H,22,23). The molecule has 0 saturated carbocycles. The lowest BCUT2D eigenvalue weighted by molar-refractivity contribution is -0.128. The van der Waals surface area contributed by atoms with Gasteiger partial charge in [-0.15, -0.1) is 0 Å². The third kappa shape index (κ3) is 3.87. The number of methoxy groups -OCH3 is 1. The zero-order chi connectivity index (χ0) is 17.8. The number of nitrogens with one attached hydrogen (secondary N) is 1. The second-order valence-corrected chi connectivity index (χ2v) is 5.85. The van der Waals surface area contributed by atoms with Gasteiger partial charge in [0.1, 0.15) is 0 Å². The quantitative estimate of drug-likeness (QED) is 0.873. The molecule has 6 nitrogen and oxygen atoms in total. The predicted octanol–water partition coefficient (Wildman–Crippen LogP) is 2.78. The largest absolute Gasteiger partial charge is 0.478 e. The van der Waals surface area contributed by atoms with E-state index in [1.807, 2.05) is 24.3 Å². The van der Waals surface area contributed by atoms with Gasteiger partial charge < -0.3 is 19.9 Å². The maximum absolute atomic E-state index is 12.7. The van der Waals surface area contributed by atoms with Gasteiger partial charge in [-0.3, -0.25) is 4.79 Å². The zero-order valence-electron chi connectivity index (χ0n) is 13.8. The van der Waals surface area contributed by atoms with E-state index in [0.29, 0.717) is 17.9 Å². The van der Waals surface area contributed by atoms with E-state index in [4.69, 9.17) is 9.47 Å². The van der Waals surface area contributed by atoms with E-state index >= 15 is 0 Å². The summed E-state index contributed by atoms with van der Waals surface area (Å²) in [5, 5.41) is 12.0. The molecule has 1 atom stereocenters. The summed E-state index contributed by atoms with van der Waals surface area (Å²) in [7, 11) is 1.53. The lowest BCUT2D eigenvalue weighted by Gasteiger charge is -2.25. The number of hydrogen-bond donors (Lipinski definition) is 2. The summed E-state index contributed by atoms with van der Waals surface area (Å²) < 4.78 is 10.7. The van der Waals surface area contributed by atoms with Crippen LogP contribution in [0.3, 0.4) is 0 Å². The maximum atomic E-state index is 12.7. The normalized spacial score (nSPS) is 16.1. The van der Waals surface area contributed by atoms with Crippen molar-refractivity contribution >= 4 is 17.6 Å². The van der Waals surface area contributed by atoms with Crippen LogP contribution in [0.5, 0.6) is 0 Å². The molecule has 2 N–H and O–H groups in total.